The summed E-state index contributed by atoms with van der Waals surface area (Å²) in [6.07, 6.45) is 1.59. The van der Waals surface area contributed by atoms with Crippen LogP contribution < -0.4 is 4.74 Å². The second-order valence-corrected chi connectivity index (χ2v) is 7.80. The smallest absolute Gasteiger partial charge is 0.457 e. The molecule has 0 aliphatic carbocycles. The van der Waals surface area contributed by atoms with Crippen LogP contribution in [0.1, 0.15) is 44.7 Å². The minimum atomic E-state index is -0.998. The average molecular weight is 352 g/mol. The highest BCUT2D eigenvalue weighted by Gasteiger charge is 2.53. The van der Waals surface area contributed by atoms with E-state index in [1.807, 2.05) is 76.2 Å². The standard InChI is InChI=1S/C21H22BFO3/c1-20(2)21(3,4)26-22(25-20)19(23)13-16-14-9-5-7-11-17(14)24-18-12-8-6-10-15(16)18/h5-13,16H,1-4H3. The molecule has 4 rings (SSSR count). The molecule has 2 aromatic rings. The van der Waals surface area contributed by atoms with Crippen LogP contribution in [0.4, 0.5) is 4.39 Å². The van der Waals surface area contributed by atoms with E-state index in [4.69, 9.17) is 14.0 Å². The van der Waals surface area contributed by atoms with Gasteiger partial charge in [-0.1, -0.05) is 36.4 Å². The molecule has 0 bridgehead atoms. The van der Waals surface area contributed by atoms with Crippen LogP contribution >= 0.6 is 0 Å². The van der Waals surface area contributed by atoms with Gasteiger partial charge < -0.3 is 14.0 Å². The van der Waals surface area contributed by atoms with E-state index in [1.165, 1.54) is 0 Å². The monoisotopic (exact) mass is 352 g/mol. The summed E-state index contributed by atoms with van der Waals surface area (Å²) in [5, 5.41) is 0. The lowest BCUT2D eigenvalue weighted by molar-refractivity contribution is 0.00578. The van der Waals surface area contributed by atoms with Crippen molar-refractivity contribution < 1.29 is 18.4 Å². The molecule has 0 saturated carbocycles. The highest BCUT2D eigenvalue weighted by molar-refractivity contribution is 6.53. The Hall–Kier alpha value is -2.11. The van der Waals surface area contributed by atoms with Crippen LogP contribution in [0, 0.1) is 0 Å². The molecule has 0 amide bonds. The Balaban J connectivity index is 1.73. The minimum Gasteiger partial charge on any atom is -0.457 e. The van der Waals surface area contributed by atoms with Gasteiger partial charge in [-0.05, 0) is 45.9 Å². The molecule has 26 heavy (non-hydrogen) atoms. The van der Waals surface area contributed by atoms with E-state index in [0.29, 0.717) is 0 Å². The number of ether oxygens (including phenoxy) is 1. The third kappa shape index (κ3) is 2.76. The van der Waals surface area contributed by atoms with Crippen molar-refractivity contribution in [2.75, 3.05) is 0 Å². The van der Waals surface area contributed by atoms with Crippen molar-refractivity contribution in [3.63, 3.8) is 0 Å². The molecule has 134 valence electrons. The Morgan fingerprint density at radius 1 is 0.885 bits per heavy atom. The van der Waals surface area contributed by atoms with E-state index >= 15 is 4.39 Å². The maximum absolute atomic E-state index is 15.1. The van der Waals surface area contributed by atoms with Gasteiger partial charge in [0.15, 0.2) is 0 Å². The second-order valence-electron chi connectivity index (χ2n) is 7.80. The maximum Gasteiger partial charge on any atom is 0.524 e. The number of fused-ring (bicyclic) bond motifs is 2. The van der Waals surface area contributed by atoms with Crippen molar-refractivity contribution in [1.29, 1.82) is 0 Å². The fourth-order valence-corrected chi connectivity index (χ4v) is 3.32. The minimum absolute atomic E-state index is 0.254. The number of allylic oxidation sites excluding steroid dienone is 1. The van der Waals surface area contributed by atoms with Crippen LogP contribution in [-0.2, 0) is 9.31 Å². The zero-order chi connectivity index (χ0) is 18.5. The van der Waals surface area contributed by atoms with Gasteiger partial charge in [-0.15, -0.1) is 0 Å². The van der Waals surface area contributed by atoms with E-state index in [9.17, 15) is 0 Å². The predicted molar refractivity (Wildman–Crippen MR) is 100 cm³/mol. The molecule has 0 N–H and O–H groups in total. The highest BCUT2D eigenvalue weighted by Crippen LogP contribution is 2.46. The lowest BCUT2D eigenvalue weighted by Crippen LogP contribution is -2.41. The summed E-state index contributed by atoms with van der Waals surface area (Å²) < 4.78 is 32.8. The fraction of sp³-hybridized carbons (Fsp3) is 0.333. The summed E-state index contributed by atoms with van der Waals surface area (Å²) in [6.45, 7) is 7.66. The number of hydrogen-bond acceptors (Lipinski definition) is 3. The van der Waals surface area contributed by atoms with Crippen molar-refractivity contribution >= 4 is 7.12 Å². The molecule has 2 aliphatic rings. The van der Waals surface area contributed by atoms with Crippen molar-refractivity contribution in [3.8, 4) is 11.5 Å². The van der Waals surface area contributed by atoms with Crippen molar-refractivity contribution in [1.82, 2.24) is 0 Å². The molecular formula is C21H22BFO3. The molecule has 3 nitrogen and oxygen atoms in total. The molecule has 1 fully saturated rings. The number of hydrogen-bond donors (Lipinski definition) is 0. The van der Waals surface area contributed by atoms with Crippen LogP contribution in [0.2, 0.25) is 0 Å². The van der Waals surface area contributed by atoms with Crippen LogP contribution in [0.15, 0.2) is 60.3 Å². The largest absolute Gasteiger partial charge is 0.524 e. The van der Waals surface area contributed by atoms with E-state index in [2.05, 4.69) is 0 Å². The summed E-state index contributed by atoms with van der Waals surface area (Å²) in [7, 11) is -0.998. The molecular weight excluding hydrogens is 330 g/mol. The molecule has 1 saturated heterocycles. The Labute approximate surface area is 153 Å². The van der Waals surface area contributed by atoms with Crippen molar-refractivity contribution in [2.45, 2.75) is 44.8 Å². The number of benzene rings is 2. The van der Waals surface area contributed by atoms with E-state index < -0.39 is 24.0 Å². The number of halogens is 1. The third-order valence-electron chi connectivity index (χ3n) is 5.53. The van der Waals surface area contributed by atoms with Gasteiger partial charge in [0.25, 0.3) is 0 Å². The summed E-state index contributed by atoms with van der Waals surface area (Å²) in [5.41, 5.74) is 0.291. The first-order chi connectivity index (χ1) is 12.3. The molecule has 2 aliphatic heterocycles. The predicted octanol–water partition coefficient (Wildman–Crippen LogP) is 5.41. The summed E-state index contributed by atoms with van der Waals surface area (Å²) in [6, 6.07) is 15.4. The molecule has 0 unspecified atom stereocenters. The van der Waals surface area contributed by atoms with Gasteiger partial charge in [0, 0.05) is 17.0 Å². The first kappa shape index (κ1) is 17.3. The van der Waals surface area contributed by atoms with Crippen molar-refractivity contribution in [3.05, 3.63) is 71.5 Å². The summed E-state index contributed by atoms with van der Waals surface area (Å²) >= 11 is 0. The average Bonchev–Trinajstić information content (AvgIpc) is 2.82. The first-order valence-corrected chi connectivity index (χ1v) is 8.87. The van der Waals surface area contributed by atoms with Crippen LogP contribution in [0.5, 0.6) is 11.5 Å². The zero-order valence-corrected chi connectivity index (χ0v) is 15.5. The Morgan fingerprint density at radius 3 is 1.85 bits per heavy atom. The molecule has 2 aromatic carbocycles. The lowest BCUT2D eigenvalue weighted by Gasteiger charge is -2.32. The van der Waals surface area contributed by atoms with Crippen LogP contribution in [-0.4, -0.2) is 18.3 Å². The van der Waals surface area contributed by atoms with Gasteiger partial charge in [0.1, 0.15) is 17.2 Å². The van der Waals surface area contributed by atoms with Gasteiger partial charge in [-0.2, -0.15) is 0 Å². The highest BCUT2D eigenvalue weighted by atomic mass is 19.1. The number of para-hydroxylation sites is 2. The first-order valence-electron chi connectivity index (χ1n) is 8.87. The van der Waals surface area contributed by atoms with E-state index in [1.54, 1.807) is 6.08 Å². The fourth-order valence-electron chi connectivity index (χ4n) is 3.32. The van der Waals surface area contributed by atoms with Crippen molar-refractivity contribution in [2.24, 2.45) is 0 Å². The molecule has 0 radical (unpaired) electrons. The summed E-state index contributed by atoms with van der Waals surface area (Å²) in [4.78, 5) is 0. The normalized spacial score (nSPS) is 21.1. The van der Waals surface area contributed by atoms with Gasteiger partial charge in [-0.3, -0.25) is 0 Å². The Morgan fingerprint density at radius 2 is 1.35 bits per heavy atom. The second kappa shape index (κ2) is 5.97. The van der Waals surface area contributed by atoms with Gasteiger partial charge in [-0.25, -0.2) is 4.39 Å². The topological polar surface area (TPSA) is 27.7 Å². The van der Waals surface area contributed by atoms with E-state index in [0.717, 1.165) is 22.6 Å². The zero-order valence-electron chi connectivity index (χ0n) is 15.5. The molecule has 0 atom stereocenters. The van der Waals surface area contributed by atoms with Gasteiger partial charge in [0.05, 0.1) is 11.2 Å². The molecule has 2 heterocycles. The maximum atomic E-state index is 15.1. The summed E-state index contributed by atoms with van der Waals surface area (Å²) in [5.74, 6) is 1.23. The Kier molecular flexibility index (Phi) is 3.97. The SMILES string of the molecule is CC1(C)OB(C(F)=CC2c3ccccc3Oc3ccccc32)OC1(C)C. The lowest BCUT2D eigenvalue weighted by atomic mass is 9.81. The van der Waals surface area contributed by atoms with Gasteiger partial charge in [0.2, 0.25) is 0 Å². The number of rotatable bonds is 2. The Bertz CT molecular complexity index is 814. The third-order valence-corrected chi connectivity index (χ3v) is 5.53. The molecule has 5 heteroatoms. The molecule has 0 aromatic heterocycles. The van der Waals surface area contributed by atoms with Crippen LogP contribution in [0.3, 0.4) is 0 Å². The molecule has 0 spiro atoms. The van der Waals surface area contributed by atoms with Gasteiger partial charge >= 0.3 is 7.12 Å². The van der Waals surface area contributed by atoms with E-state index in [-0.39, 0.29) is 5.92 Å². The van der Waals surface area contributed by atoms with Crippen LogP contribution in [0.25, 0.3) is 0 Å². The quantitative estimate of drug-likeness (QED) is 0.677.